The third-order valence-electron chi connectivity index (χ3n) is 3.86. The van der Waals surface area contributed by atoms with Crippen LogP contribution in [0.5, 0.6) is 0 Å². The van der Waals surface area contributed by atoms with Gasteiger partial charge in [0.05, 0.1) is 12.5 Å². The Morgan fingerprint density at radius 1 is 1.05 bits per heavy atom. The van der Waals surface area contributed by atoms with Gasteiger partial charge in [0.25, 0.3) is 0 Å². The second kappa shape index (κ2) is 13.2. The van der Waals surface area contributed by atoms with E-state index < -0.39 is 0 Å². The molecule has 2 nitrogen and oxygen atoms in total. The summed E-state index contributed by atoms with van der Waals surface area (Å²) >= 11 is 0. The first kappa shape index (κ1) is 19.2. The summed E-state index contributed by atoms with van der Waals surface area (Å²) in [4.78, 5) is 11.8. The summed E-state index contributed by atoms with van der Waals surface area (Å²) in [7, 11) is 0. The van der Waals surface area contributed by atoms with Crippen molar-refractivity contribution in [1.29, 1.82) is 0 Å². The molecule has 0 aliphatic heterocycles. The fraction of sp³-hybridized carbons (Fsp3) is 0.833. The normalized spacial score (nSPS) is 13.8. The summed E-state index contributed by atoms with van der Waals surface area (Å²) in [6, 6.07) is 0. The minimum atomic E-state index is -0.0280. The van der Waals surface area contributed by atoms with Crippen molar-refractivity contribution in [3.05, 3.63) is 12.7 Å². The molecule has 0 bridgehead atoms. The van der Waals surface area contributed by atoms with Crippen molar-refractivity contribution in [2.24, 2.45) is 11.8 Å². The fourth-order valence-corrected chi connectivity index (χ4v) is 2.35. The van der Waals surface area contributed by atoms with Crippen molar-refractivity contribution in [2.75, 3.05) is 6.61 Å². The SMILES string of the molecule is C=CC(CCC)CCC(C)C(=O)OCCCCCCC. The molecule has 0 heterocycles. The van der Waals surface area contributed by atoms with Gasteiger partial charge in [0, 0.05) is 0 Å². The lowest BCUT2D eigenvalue weighted by molar-refractivity contribution is -0.148. The smallest absolute Gasteiger partial charge is 0.308 e. The molecule has 0 rings (SSSR count). The maximum atomic E-state index is 11.8. The van der Waals surface area contributed by atoms with Gasteiger partial charge in [-0.15, -0.1) is 6.58 Å². The molecule has 2 unspecified atom stereocenters. The number of ether oxygens (including phenoxy) is 1. The van der Waals surface area contributed by atoms with Gasteiger partial charge in [-0.3, -0.25) is 4.79 Å². The van der Waals surface area contributed by atoms with E-state index in [-0.39, 0.29) is 11.9 Å². The number of rotatable bonds is 13. The molecule has 0 N–H and O–H groups in total. The van der Waals surface area contributed by atoms with Crippen LogP contribution >= 0.6 is 0 Å². The predicted octanol–water partition coefficient (Wildman–Crippen LogP) is 5.52. The number of carbonyl (C=O) groups excluding carboxylic acids is 1. The number of esters is 1. The molecule has 0 aromatic heterocycles. The van der Waals surface area contributed by atoms with E-state index in [1.165, 1.54) is 38.5 Å². The molecule has 118 valence electrons. The highest BCUT2D eigenvalue weighted by molar-refractivity contribution is 5.71. The van der Waals surface area contributed by atoms with E-state index in [1.54, 1.807) is 0 Å². The molecule has 2 heteroatoms. The highest BCUT2D eigenvalue weighted by atomic mass is 16.5. The molecule has 2 atom stereocenters. The molecular formula is C18H34O2. The average Bonchev–Trinajstić information content (AvgIpc) is 2.46. The van der Waals surface area contributed by atoms with E-state index in [4.69, 9.17) is 4.74 Å². The van der Waals surface area contributed by atoms with Gasteiger partial charge in [-0.05, 0) is 31.6 Å². The highest BCUT2D eigenvalue weighted by Crippen LogP contribution is 2.19. The van der Waals surface area contributed by atoms with Gasteiger partial charge in [0.15, 0.2) is 0 Å². The molecular weight excluding hydrogens is 248 g/mol. The van der Waals surface area contributed by atoms with Crippen molar-refractivity contribution in [1.82, 2.24) is 0 Å². The van der Waals surface area contributed by atoms with E-state index in [0.717, 1.165) is 19.3 Å². The Hall–Kier alpha value is -0.790. The van der Waals surface area contributed by atoms with E-state index in [0.29, 0.717) is 12.5 Å². The van der Waals surface area contributed by atoms with Gasteiger partial charge < -0.3 is 4.74 Å². The van der Waals surface area contributed by atoms with Gasteiger partial charge >= 0.3 is 5.97 Å². The Labute approximate surface area is 126 Å². The van der Waals surface area contributed by atoms with Gasteiger partial charge in [-0.1, -0.05) is 59.0 Å². The molecule has 0 aromatic carbocycles. The predicted molar refractivity (Wildman–Crippen MR) is 86.7 cm³/mol. The Morgan fingerprint density at radius 3 is 2.35 bits per heavy atom. The summed E-state index contributed by atoms with van der Waals surface area (Å²) < 4.78 is 5.35. The molecule has 0 aromatic rings. The highest BCUT2D eigenvalue weighted by Gasteiger charge is 2.15. The van der Waals surface area contributed by atoms with Crippen LogP contribution in [0.2, 0.25) is 0 Å². The zero-order valence-electron chi connectivity index (χ0n) is 13.8. The standard InChI is InChI=1S/C18H34O2/c1-5-8-9-10-11-15-20-18(19)16(4)13-14-17(7-3)12-6-2/h7,16-17H,3,5-6,8-15H2,1-2,4H3. The van der Waals surface area contributed by atoms with E-state index in [2.05, 4.69) is 20.4 Å². The van der Waals surface area contributed by atoms with Crippen molar-refractivity contribution >= 4 is 5.97 Å². The summed E-state index contributed by atoms with van der Waals surface area (Å²) in [5, 5.41) is 0. The van der Waals surface area contributed by atoms with E-state index in [1.807, 2.05) is 13.0 Å². The monoisotopic (exact) mass is 282 g/mol. The summed E-state index contributed by atoms with van der Waals surface area (Å²) in [6.45, 7) is 10.8. The minimum Gasteiger partial charge on any atom is -0.465 e. The number of hydrogen-bond acceptors (Lipinski definition) is 2. The topological polar surface area (TPSA) is 26.3 Å². The van der Waals surface area contributed by atoms with Crippen molar-refractivity contribution in [2.45, 2.75) is 78.6 Å². The molecule has 0 saturated carbocycles. The summed E-state index contributed by atoms with van der Waals surface area (Å²) in [6.07, 6.45) is 12.3. The molecule has 0 fully saturated rings. The largest absolute Gasteiger partial charge is 0.465 e. The Kier molecular flexibility index (Phi) is 12.7. The van der Waals surface area contributed by atoms with E-state index >= 15 is 0 Å². The van der Waals surface area contributed by atoms with Crippen molar-refractivity contribution in [3.63, 3.8) is 0 Å². The number of carbonyl (C=O) groups is 1. The Balaban J connectivity index is 3.67. The molecule has 0 radical (unpaired) electrons. The van der Waals surface area contributed by atoms with Crippen LogP contribution in [0.4, 0.5) is 0 Å². The zero-order valence-corrected chi connectivity index (χ0v) is 13.8. The minimum absolute atomic E-state index is 0.0185. The first-order valence-electron chi connectivity index (χ1n) is 8.44. The maximum Gasteiger partial charge on any atom is 0.308 e. The van der Waals surface area contributed by atoms with Gasteiger partial charge in [-0.25, -0.2) is 0 Å². The molecule has 0 amide bonds. The number of unbranched alkanes of at least 4 members (excludes halogenated alkanes) is 4. The van der Waals surface area contributed by atoms with Crippen LogP contribution in [-0.4, -0.2) is 12.6 Å². The molecule has 0 aliphatic rings. The maximum absolute atomic E-state index is 11.8. The molecule has 0 spiro atoms. The van der Waals surface area contributed by atoms with Crippen LogP contribution in [0.15, 0.2) is 12.7 Å². The third-order valence-corrected chi connectivity index (χ3v) is 3.86. The van der Waals surface area contributed by atoms with Crippen LogP contribution in [-0.2, 0) is 9.53 Å². The van der Waals surface area contributed by atoms with Crippen LogP contribution < -0.4 is 0 Å². The lowest BCUT2D eigenvalue weighted by Crippen LogP contribution is -2.16. The Morgan fingerprint density at radius 2 is 1.75 bits per heavy atom. The molecule has 0 aliphatic carbocycles. The Bertz CT molecular complexity index is 248. The zero-order chi connectivity index (χ0) is 15.2. The first-order chi connectivity index (χ1) is 9.65. The van der Waals surface area contributed by atoms with Crippen LogP contribution in [0.25, 0.3) is 0 Å². The lowest BCUT2D eigenvalue weighted by Gasteiger charge is -2.15. The van der Waals surface area contributed by atoms with Gasteiger partial charge in [0.2, 0.25) is 0 Å². The van der Waals surface area contributed by atoms with Gasteiger partial charge in [-0.2, -0.15) is 0 Å². The van der Waals surface area contributed by atoms with Crippen LogP contribution in [0, 0.1) is 11.8 Å². The molecule has 0 saturated heterocycles. The lowest BCUT2D eigenvalue weighted by atomic mass is 9.93. The summed E-state index contributed by atoms with van der Waals surface area (Å²) in [5.74, 6) is 0.536. The number of hydrogen-bond donors (Lipinski definition) is 0. The van der Waals surface area contributed by atoms with Crippen molar-refractivity contribution in [3.8, 4) is 0 Å². The summed E-state index contributed by atoms with van der Waals surface area (Å²) in [5.41, 5.74) is 0. The van der Waals surface area contributed by atoms with Crippen molar-refractivity contribution < 1.29 is 9.53 Å². The number of allylic oxidation sites excluding steroid dienone is 1. The fourth-order valence-electron chi connectivity index (χ4n) is 2.35. The second-order valence-electron chi connectivity index (χ2n) is 5.84. The third kappa shape index (κ3) is 10.1. The first-order valence-corrected chi connectivity index (χ1v) is 8.44. The quantitative estimate of drug-likeness (QED) is 0.252. The van der Waals surface area contributed by atoms with Crippen LogP contribution in [0.3, 0.4) is 0 Å². The second-order valence-corrected chi connectivity index (χ2v) is 5.84. The molecule has 20 heavy (non-hydrogen) atoms. The van der Waals surface area contributed by atoms with E-state index in [9.17, 15) is 4.79 Å². The van der Waals surface area contributed by atoms with Gasteiger partial charge in [0.1, 0.15) is 0 Å². The average molecular weight is 282 g/mol. The van der Waals surface area contributed by atoms with Crippen LogP contribution in [0.1, 0.15) is 78.6 Å².